The molecule has 3 aromatic carbocycles. The van der Waals surface area contributed by atoms with Crippen molar-refractivity contribution in [3.05, 3.63) is 135 Å². The topological polar surface area (TPSA) is 202 Å². The summed E-state index contributed by atoms with van der Waals surface area (Å²) < 4.78 is 54.5. The molecule has 1 fully saturated rings. The molecular weight excluding hydrogens is 825 g/mol. The molecule has 1 saturated heterocycles. The Hall–Kier alpha value is -5.89. The lowest BCUT2D eigenvalue weighted by Gasteiger charge is -2.37. The molecule has 5 aromatic rings. The Balaban J connectivity index is 0.000000626. The van der Waals surface area contributed by atoms with Gasteiger partial charge >= 0.3 is 18.1 Å². The minimum absolute atomic E-state index is 0.0183. The van der Waals surface area contributed by atoms with Crippen molar-refractivity contribution in [3.8, 4) is 11.1 Å². The van der Waals surface area contributed by atoms with Crippen LogP contribution in [0.25, 0.3) is 11.1 Å². The number of benzene rings is 3. The van der Waals surface area contributed by atoms with Gasteiger partial charge in [0.1, 0.15) is 12.4 Å². The van der Waals surface area contributed by atoms with E-state index in [0.717, 1.165) is 60.3 Å². The van der Waals surface area contributed by atoms with E-state index in [2.05, 4.69) is 27.1 Å². The van der Waals surface area contributed by atoms with Crippen LogP contribution in [0.4, 0.5) is 17.6 Å². The maximum absolute atomic E-state index is 14.4. The average molecular weight is 869 g/mol. The molecular formula is C42H44F4N6O8S. The maximum Gasteiger partial charge on any atom is 0.416 e. The van der Waals surface area contributed by atoms with Gasteiger partial charge in [0.15, 0.2) is 17.4 Å². The second kappa shape index (κ2) is 20.6. The third-order valence-electron chi connectivity index (χ3n) is 10.2. The quantitative estimate of drug-likeness (QED) is 0.0553. The van der Waals surface area contributed by atoms with Crippen LogP contribution >= 0.6 is 11.8 Å². The molecule has 3 heterocycles. The number of nitrogens with one attached hydrogen (secondary N) is 1. The first-order valence-corrected chi connectivity index (χ1v) is 19.9. The van der Waals surface area contributed by atoms with E-state index in [9.17, 15) is 36.7 Å². The molecule has 0 spiro atoms. The number of aromatic nitrogens is 4. The van der Waals surface area contributed by atoms with Crippen molar-refractivity contribution in [2.45, 2.75) is 74.1 Å². The van der Waals surface area contributed by atoms with E-state index in [0.29, 0.717) is 28.6 Å². The number of piperidine rings is 1. The molecule has 19 heteroatoms. The highest BCUT2D eigenvalue weighted by atomic mass is 32.2. The number of carbonyl (C=O) groups is 3. The van der Waals surface area contributed by atoms with Crippen LogP contribution in [0.5, 0.6) is 0 Å². The van der Waals surface area contributed by atoms with Gasteiger partial charge in [0.2, 0.25) is 5.91 Å². The zero-order chi connectivity index (χ0) is 44.4. The molecule has 0 saturated carbocycles. The molecule has 324 valence electrons. The number of carbonyl (C=O) groups excluding carboxylic acids is 1. The number of rotatable bonds is 14. The third kappa shape index (κ3) is 12.6. The number of hydrogen-bond donors (Lipinski definition) is 5. The third-order valence-corrected chi connectivity index (χ3v) is 11.2. The lowest BCUT2D eigenvalue weighted by atomic mass is 9.98. The van der Waals surface area contributed by atoms with Gasteiger partial charge in [-0.2, -0.15) is 23.3 Å². The Labute approximate surface area is 351 Å². The summed E-state index contributed by atoms with van der Waals surface area (Å²) in [4.78, 5) is 55.8. The Bertz CT molecular complexity index is 2280. The van der Waals surface area contributed by atoms with E-state index in [-0.39, 0.29) is 30.2 Å². The van der Waals surface area contributed by atoms with Gasteiger partial charge in [-0.25, -0.2) is 14.0 Å². The van der Waals surface area contributed by atoms with E-state index < -0.39 is 41.4 Å². The molecule has 0 radical (unpaired) electrons. The van der Waals surface area contributed by atoms with Gasteiger partial charge in [0.25, 0.3) is 5.56 Å². The van der Waals surface area contributed by atoms with E-state index in [1.54, 1.807) is 35.3 Å². The van der Waals surface area contributed by atoms with Crippen molar-refractivity contribution in [3.63, 3.8) is 0 Å². The van der Waals surface area contributed by atoms with Gasteiger partial charge in [-0.1, -0.05) is 67.2 Å². The number of H-pyrrole nitrogens is 1. The van der Waals surface area contributed by atoms with E-state index in [4.69, 9.17) is 20.4 Å². The highest BCUT2D eigenvalue weighted by Crippen LogP contribution is 2.32. The van der Waals surface area contributed by atoms with Crippen LogP contribution in [0, 0.1) is 5.82 Å². The zero-order valence-corrected chi connectivity index (χ0v) is 33.8. The number of aliphatic carboxylic acids is 2. The second-order valence-electron chi connectivity index (χ2n) is 14.5. The number of likely N-dealkylation sites (tertiary alicyclic amines) is 1. The molecule has 3 unspecified atom stereocenters. The number of alkyl halides is 3. The van der Waals surface area contributed by atoms with E-state index in [1.807, 2.05) is 36.1 Å². The van der Waals surface area contributed by atoms with Crippen molar-refractivity contribution >= 4 is 29.6 Å². The van der Waals surface area contributed by atoms with E-state index >= 15 is 0 Å². The fourth-order valence-corrected chi connectivity index (χ4v) is 7.43. The first-order valence-electron chi connectivity index (χ1n) is 18.9. The largest absolute Gasteiger partial charge is 0.479 e. The van der Waals surface area contributed by atoms with Crippen LogP contribution in [-0.4, -0.2) is 106 Å². The number of thioether (sulfide) groups is 1. The van der Waals surface area contributed by atoms with Gasteiger partial charge in [-0.3, -0.25) is 14.7 Å². The van der Waals surface area contributed by atoms with Crippen LogP contribution in [0.2, 0.25) is 0 Å². The minimum Gasteiger partial charge on any atom is -0.479 e. The standard InChI is InChI=1S/C38H38F4N6O2S.C4H6O6/c1-25(30-19-43-44-20-30)34-22-47(37(45-36(34)50)51-24-27-5-13-32(39)14-6-27)23-35(49)48(33-15-17-46(2)18-16-33)21-26-3-7-28(8-4-26)29-9-11-31(12-10-29)38(40,41)42;5-1(3(7)8)2(6)4(9)10/h3-14,19-20,22,25,33H,15-18,21,23-24H2,1-2H3,(H,43,44);1-2,5-6H,(H,7,8)(H,9,10). The van der Waals surface area contributed by atoms with Crippen molar-refractivity contribution in [2.24, 2.45) is 0 Å². The van der Waals surface area contributed by atoms with Gasteiger partial charge in [-0.05, 0) is 85.1 Å². The predicted molar refractivity (Wildman–Crippen MR) is 216 cm³/mol. The number of aliphatic hydroxyl groups excluding tert-OH is 2. The summed E-state index contributed by atoms with van der Waals surface area (Å²) in [7, 11) is 2.06. The van der Waals surface area contributed by atoms with E-state index in [1.165, 1.54) is 36.0 Å². The monoisotopic (exact) mass is 868 g/mol. The minimum atomic E-state index is -4.40. The molecule has 1 amide bonds. The molecule has 6 rings (SSSR count). The molecule has 3 atom stereocenters. The Morgan fingerprint density at radius 2 is 1.46 bits per heavy atom. The van der Waals surface area contributed by atoms with Crippen molar-refractivity contribution in [2.75, 3.05) is 20.1 Å². The molecule has 61 heavy (non-hydrogen) atoms. The zero-order valence-electron chi connectivity index (χ0n) is 33.0. The fraction of sp³-hybridized carbons (Fsp3) is 0.333. The average Bonchev–Trinajstić information content (AvgIpc) is 3.78. The molecule has 5 N–H and O–H groups in total. The van der Waals surface area contributed by atoms with Gasteiger partial charge in [-0.15, -0.1) is 0 Å². The number of hydrogen-bond acceptors (Lipinski definition) is 10. The number of aromatic amines is 1. The van der Waals surface area contributed by atoms with Crippen LogP contribution in [0.1, 0.15) is 53.5 Å². The van der Waals surface area contributed by atoms with Gasteiger partial charge in [0.05, 0.1) is 11.8 Å². The molecule has 14 nitrogen and oxygen atoms in total. The Morgan fingerprint density at radius 1 is 0.902 bits per heavy atom. The summed E-state index contributed by atoms with van der Waals surface area (Å²) in [5.41, 5.74) is 3.31. The lowest BCUT2D eigenvalue weighted by molar-refractivity contribution is -0.165. The molecule has 2 aromatic heterocycles. The number of carboxylic acid groups (broad SMARTS) is 2. The molecule has 1 aliphatic rings. The highest BCUT2D eigenvalue weighted by molar-refractivity contribution is 7.98. The van der Waals surface area contributed by atoms with Crippen LogP contribution in [-0.2, 0) is 39.4 Å². The maximum atomic E-state index is 14.4. The molecule has 0 bridgehead atoms. The number of carboxylic acids is 2. The first kappa shape index (κ1) is 46.2. The second-order valence-corrected chi connectivity index (χ2v) is 15.4. The van der Waals surface area contributed by atoms with Gasteiger partial charge in [0, 0.05) is 42.2 Å². The lowest BCUT2D eigenvalue weighted by Crippen LogP contribution is -2.47. The highest BCUT2D eigenvalue weighted by Gasteiger charge is 2.31. The summed E-state index contributed by atoms with van der Waals surface area (Å²) >= 11 is 1.30. The Kier molecular flexibility index (Phi) is 15.6. The number of halogens is 4. The van der Waals surface area contributed by atoms with Gasteiger partial charge < -0.3 is 34.8 Å². The molecule has 1 aliphatic heterocycles. The summed E-state index contributed by atoms with van der Waals surface area (Å²) in [6, 6.07) is 18.7. The van der Waals surface area contributed by atoms with Crippen molar-refractivity contribution < 1.29 is 52.4 Å². The summed E-state index contributed by atoms with van der Waals surface area (Å²) in [5, 5.41) is 39.7. The number of nitrogens with zero attached hydrogens (tertiary/aromatic N) is 5. The van der Waals surface area contributed by atoms with Crippen molar-refractivity contribution in [1.82, 2.24) is 29.5 Å². The number of amides is 1. The first-order chi connectivity index (χ1) is 28.9. The van der Waals surface area contributed by atoms with Crippen LogP contribution in [0.15, 0.2) is 101 Å². The van der Waals surface area contributed by atoms with Crippen molar-refractivity contribution in [1.29, 1.82) is 0 Å². The SMILES string of the molecule is CC(c1cn[nH]c1)c1cn(CC(=O)N(Cc2ccc(-c3ccc(C(F)(F)F)cc3)cc2)C2CCN(C)CC2)c(SCc2ccc(F)cc2)nc1=O.O=C(O)C(O)C(O)C(=O)O. The van der Waals surface area contributed by atoms with Crippen LogP contribution < -0.4 is 5.56 Å². The van der Waals surface area contributed by atoms with Crippen LogP contribution in [0.3, 0.4) is 0 Å². The summed E-state index contributed by atoms with van der Waals surface area (Å²) in [6.45, 7) is 3.85. The predicted octanol–water partition coefficient (Wildman–Crippen LogP) is 5.24. The summed E-state index contributed by atoms with van der Waals surface area (Å²) in [5.74, 6) is -3.92. The number of aliphatic hydroxyl groups is 2. The summed E-state index contributed by atoms with van der Waals surface area (Å²) in [6.07, 6.45) is -2.26. The smallest absolute Gasteiger partial charge is 0.416 e. The Morgan fingerprint density at radius 3 is 1.98 bits per heavy atom. The molecule has 0 aliphatic carbocycles. The normalized spacial score (nSPS) is 15.0. The fourth-order valence-electron chi connectivity index (χ4n) is 6.51.